The predicted molar refractivity (Wildman–Crippen MR) is 132 cm³/mol. The lowest BCUT2D eigenvalue weighted by atomic mass is 10.2. The van der Waals surface area contributed by atoms with Crippen LogP contribution in [0.2, 0.25) is 0 Å². The molecule has 6 nitrogen and oxygen atoms in total. The van der Waals surface area contributed by atoms with Gasteiger partial charge in [0.15, 0.2) is 5.96 Å². The van der Waals surface area contributed by atoms with Crippen molar-refractivity contribution in [2.24, 2.45) is 4.99 Å². The second-order valence-electron chi connectivity index (χ2n) is 7.51. The topological polar surface area (TPSA) is 61.7 Å². The molecule has 0 aliphatic carbocycles. The SMILES string of the molecule is CN=C(NCCCCn1c(C)cccc1=O)NC1CCN(c2c(F)cccc2F)C1.I. The number of unbranched alkanes of at least 4 members (excludes halogenated alkanes) is 1. The molecule has 1 fully saturated rings. The molecular formula is C22H30F2IN5O. The minimum absolute atomic E-state index is 0. The Balaban J connectivity index is 0.00000341. The molecule has 0 bridgehead atoms. The van der Waals surface area contributed by atoms with Gasteiger partial charge in [0.05, 0.1) is 0 Å². The standard InChI is InChI=1S/C22H29F2N5O.HI/c1-16-7-5-10-20(30)29(16)13-4-3-12-26-22(25-2)27-17-11-14-28(15-17)21-18(23)8-6-9-19(21)24;/h5-10,17H,3-4,11-15H2,1-2H3,(H2,25,26,27);1H. The Hall–Kier alpha value is -2.17. The first kappa shape index (κ1) is 25.1. The van der Waals surface area contributed by atoms with Crippen molar-refractivity contribution < 1.29 is 8.78 Å². The van der Waals surface area contributed by atoms with Gasteiger partial charge >= 0.3 is 0 Å². The zero-order valence-corrected chi connectivity index (χ0v) is 20.2. The highest BCUT2D eigenvalue weighted by molar-refractivity contribution is 14.0. The van der Waals surface area contributed by atoms with Crippen LogP contribution in [0.4, 0.5) is 14.5 Å². The van der Waals surface area contributed by atoms with E-state index >= 15 is 0 Å². The monoisotopic (exact) mass is 545 g/mol. The fourth-order valence-electron chi connectivity index (χ4n) is 3.77. The quantitative estimate of drug-likeness (QED) is 0.243. The molecule has 1 aromatic heterocycles. The van der Waals surface area contributed by atoms with Crippen LogP contribution in [-0.4, -0.2) is 43.3 Å². The Labute approximate surface area is 198 Å². The van der Waals surface area contributed by atoms with E-state index in [-0.39, 0.29) is 41.3 Å². The number of hydrogen-bond donors (Lipinski definition) is 2. The molecule has 1 atom stereocenters. The van der Waals surface area contributed by atoms with Crippen molar-refractivity contribution in [2.75, 3.05) is 31.6 Å². The molecule has 1 saturated heterocycles. The van der Waals surface area contributed by atoms with Crippen LogP contribution in [0.3, 0.4) is 0 Å². The van der Waals surface area contributed by atoms with Gasteiger partial charge in [-0.2, -0.15) is 0 Å². The van der Waals surface area contributed by atoms with E-state index in [9.17, 15) is 13.6 Å². The van der Waals surface area contributed by atoms with Gasteiger partial charge in [0.2, 0.25) is 0 Å². The molecule has 0 saturated carbocycles. The molecule has 3 rings (SSSR count). The van der Waals surface area contributed by atoms with Crippen LogP contribution < -0.4 is 21.1 Å². The summed E-state index contributed by atoms with van der Waals surface area (Å²) in [7, 11) is 1.70. The summed E-state index contributed by atoms with van der Waals surface area (Å²) >= 11 is 0. The summed E-state index contributed by atoms with van der Waals surface area (Å²) in [6.07, 6.45) is 2.53. The zero-order chi connectivity index (χ0) is 21.5. The Morgan fingerprint density at radius 3 is 2.55 bits per heavy atom. The summed E-state index contributed by atoms with van der Waals surface area (Å²) in [4.78, 5) is 17.9. The maximum absolute atomic E-state index is 14.0. The van der Waals surface area contributed by atoms with E-state index in [1.54, 1.807) is 28.6 Å². The summed E-state index contributed by atoms with van der Waals surface area (Å²) < 4.78 is 29.8. The Morgan fingerprint density at radius 1 is 1.16 bits per heavy atom. The summed E-state index contributed by atoms with van der Waals surface area (Å²) in [5, 5.41) is 6.60. The average molecular weight is 545 g/mol. The predicted octanol–water partition coefficient (Wildman–Crippen LogP) is 3.28. The molecule has 0 spiro atoms. The van der Waals surface area contributed by atoms with Crippen molar-refractivity contribution in [2.45, 2.75) is 38.8 Å². The lowest BCUT2D eigenvalue weighted by molar-refractivity contribution is 0.569. The van der Waals surface area contributed by atoms with E-state index in [0.717, 1.165) is 31.5 Å². The highest BCUT2D eigenvalue weighted by Crippen LogP contribution is 2.26. The number of pyridine rings is 1. The molecule has 1 aliphatic rings. The number of nitrogens with one attached hydrogen (secondary N) is 2. The van der Waals surface area contributed by atoms with Gasteiger partial charge in [0.1, 0.15) is 17.3 Å². The minimum Gasteiger partial charge on any atom is -0.365 e. The third kappa shape index (κ3) is 6.65. The molecule has 170 valence electrons. The third-order valence-electron chi connectivity index (χ3n) is 5.38. The van der Waals surface area contributed by atoms with E-state index in [2.05, 4.69) is 15.6 Å². The highest BCUT2D eigenvalue weighted by Gasteiger charge is 2.27. The number of guanidine groups is 1. The lowest BCUT2D eigenvalue weighted by Crippen LogP contribution is -2.45. The summed E-state index contributed by atoms with van der Waals surface area (Å²) in [6.45, 7) is 4.43. The number of hydrogen-bond acceptors (Lipinski definition) is 3. The van der Waals surface area contributed by atoms with Crippen molar-refractivity contribution in [1.29, 1.82) is 0 Å². The van der Waals surface area contributed by atoms with Gasteiger partial charge in [0, 0.05) is 51.0 Å². The number of benzene rings is 1. The van der Waals surface area contributed by atoms with Gasteiger partial charge in [-0.25, -0.2) is 8.78 Å². The van der Waals surface area contributed by atoms with Crippen molar-refractivity contribution in [3.8, 4) is 0 Å². The van der Waals surface area contributed by atoms with Crippen molar-refractivity contribution in [1.82, 2.24) is 15.2 Å². The Bertz CT molecular complexity index is 929. The van der Waals surface area contributed by atoms with Gasteiger partial charge in [0.25, 0.3) is 5.56 Å². The summed E-state index contributed by atoms with van der Waals surface area (Å²) in [6, 6.07) is 9.28. The molecule has 1 aromatic carbocycles. The van der Waals surface area contributed by atoms with Gasteiger partial charge in [-0.15, -0.1) is 24.0 Å². The van der Waals surface area contributed by atoms with Crippen LogP contribution in [0.5, 0.6) is 0 Å². The molecule has 1 unspecified atom stereocenters. The molecule has 2 heterocycles. The fourth-order valence-corrected chi connectivity index (χ4v) is 3.77. The number of aliphatic imine (C=N–C) groups is 1. The van der Waals surface area contributed by atoms with Crippen molar-refractivity contribution >= 4 is 35.6 Å². The van der Waals surface area contributed by atoms with Gasteiger partial charge < -0.3 is 20.1 Å². The molecule has 0 amide bonds. The van der Waals surface area contributed by atoms with Crippen molar-refractivity contribution in [3.63, 3.8) is 0 Å². The second kappa shape index (κ2) is 12.0. The molecule has 31 heavy (non-hydrogen) atoms. The number of halogens is 3. The van der Waals surface area contributed by atoms with E-state index < -0.39 is 11.6 Å². The van der Waals surface area contributed by atoms with E-state index in [4.69, 9.17) is 0 Å². The van der Waals surface area contributed by atoms with E-state index in [1.807, 2.05) is 13.0 Å². The van der Waals surface area contributed by atoms with E-state index in [1.165, 1.54) is 18.2 Å². The van der Waals surface area contributed by atoms with Crippen LogP contribution in [0.1, 0.15) is 25.0 Å². The van der Waals surface area contributed by atoms with Gasteiger partial charge in [-0.05, 0) is 44.4 Å². The zero-order valence-electron chi connectivity index (χ0n) is 17.9. The first-order valence-corrected chi connectivity index (χ1v) is 10.3. The second-order valence-corrected chi connectivity index (χ2v) is 7.51. The van der Waals surface area contributed by atoms with Gasteiger partial charge in [-0.1, -0.05) is 12.1 Å². The van der Waals surface area contributed by atoms with E-state index in [0.29, 0.717) is 25.6 Å². The van der Waals surface area contributed by atoms with Crippen LogP contribution in [0.25, 0.3) is 0 Å². The van der Waals surface area contributed by atoms with Crippen molar-refractivity contribution in [3.05, 3.63) is 64.1 Å². The normalized spacial score (nSPS) is 16.2. The number of anilines is 1. The number of aryl methyl sites for hydroxylation is 1. The maximum Gasteiger partial charge on any atom is 0.250 e. The summed E-state index contributed by atoms with van der Waals surface area (Å²) in [5.74, 6) is -0.402. The maximum atomic E-state index is 14.0. The minimum atomic E-state index is -0.536. The van der Waals surface area contributed by atoms with Crippen LogP contribution in [0, 0.1) is 18.6 Å². The van der Waals surface area contributed by atoms with Crippen LogP contribution in [0.15, 0.2) is 46.2 Å². The third-order valence-corrected chi connectivity index (χ3v) is 5.38. The number of para-hydroxylation sites is 1. The molecule has 2 N–H and O–H groups in total. The Kier molecular flexibility index (Phi) is 9.73. The molecule has 1 aliphatic heterocycles. The molecule has 2 aromatic rings. The summed E-state index contributed by atoms with van der Waals surface area (Å²) in [5.41, 5.74) is 1.03. The average Bonchev–Trinajstić information content (AvgIpc) is 3.16. The fraction of sp³-hybridized carbons (Fsp3) is 0.455. The molecule has 9 heteroatoms. The highest BCUT2D eigenvalue weighted by atomic mass is 127. The first-order valence-electron chi connectivity index (χ1n) is 10.3. The number of nitrogens with zero attached hydrogens (tertiary/aromatic N) is 3. The van der Waals surface area contributed by atoms with Crippen LogP contribution >= 0.6 is 24.0 Å². The lowest BCUT2D eigenvalue weighted by Gasteiger charge is -2.21. The molecular weight excluding hydrogens is 515 g/mol. The molecule has 0 radical (unpaired) electrons. The number of aromatic nitrogens is 1. The number of rotatable bonds is 7. The van der Waals surface area contributed by atoms with Gasteiger partial charge in [-0.3, -0.25) is 9.79 Å². The largest absolute Gasteiger partial charge is 0.365 e. The van der Waals surface area contributed by atoms with Crippen LogP contribution in [-0.2, 0) is 6.54 Å². The first-order chi connectivity index (χ1) is 14.5. The smallest absolute Gasteiger partial charge is 0.250 e. The Morgan fingerprint density at radius 2 is 1.87 bits per heavy atom.